The zero-order valence-corrected chi connectivity index (χ0v) is 28.6. The molecule has 0 spiro atoms. The first-order valence-electron chi connectivity index (χ1n) is 17.2. The number of rotatable bonds is 9. The van der Waals surface area contributed by atoms with Crippen LogP contribution in [0.2, 0.25) is 0 Å². The van der Waals surface area contributed by atoms with Crippen LogP contribution in [-0.4, -0.2) is 61.8 Å². The predicted molar refractivity (Wildman–Crippen MR) is 188 cm³/mol. The lowest BCUT2D eigenvalue weighted by atomic mass is 9.85. The second kappa shape index (κ2) is 14.0. The van der Waals surface area contributed by atoms with Crippen molar-refractivity contribution in [1.82, 2.24) is 29.7 Å². The standard InChI is InChI=1S/C37H43FN8O4/c1-37(2,3)32-22-34(46(43-32)30-21-24(49-20-19-47)11-13-28(30)38)40-35(48)39-29-14-15-31(27-10-6-5-9-26(27)29)50-25-12-16-33-41-42-36(45(33)23-25)44-17-7-4-8-18-44/h5-6,9-13,16,21-23,29,31,47H,4,7-8,14-15,17-20H2,1-3H3,(H2,39,40,48)/t29-,31+/m0/s1. The average Bonchev–Trinajstić information content (AvgIpc) is 3.74. The van der Waals surface area contributed by atoms with Gasteiger partial charge < -0.3 is 24.8 Å². The van der Waals surface area contributed by atoms with Gasteiger partial charge in [0.15, 0.2) is 5.65 Å². The maximum absolute atomic E-state index is 15.2. The number of piperidine rings is 1. The molecule has 0 unspecified atom stereocenters. The fourth-order valence-electron chi connectivity index (χ4n) is 6.66. The number of pyridine rings is 1. The molecule has 0 saturated carbocycles. The minimum Gasteiger partial charge on any atom is -0.491 e. The van der Waals surface area contributed by atoms with Crippen molar-refractivity contribution in [2.45, 2.75) is 70.4 Å². The zero-order chi connectivity index (χ0) is 34.8. The Morgan fingerprint density at radius 2 is 1.76 bits per heavy atom. The smallest absolute Gasteiger partial charge is 0.320 e. The van der Waals surface area contributed by atoms with Crippen molar-refractivity contribution in [1.29, 1.82) is 0 Å². The van der Waals surface area contributed by atoms with Crippen molar-refractivity contribution in [3.05, 3.63) is 89.5 Å². The molecule has 1 fully saturated rings. The molecule has 1 aliphatic carbocycles. The number of halogens is 1. The van der Waals surface area contributed by atoms with Crippen LogP contribution in [0.4, 0.5) is 21.0 Å². The highest BCUT2D eigenvalue weighted by Crippen LogP contribution is 2.39. The Kier molecular flexibility index (Phi) is 9.32. The summed E-state index contributed by atoms with van der Waals surface area (Å²) in [4.78, 5) is 15.9. The lowest BCUT2D eigenvalue weighted by molar-refractivity contribution is 0.171. The molecule has 3 aromatic heterocycles. The number of fused-ring (bicyclic) bond motifs is 2. The number of benzene rings is 2. The van der Waals surface area contributed by atoms with Gasteiger partial charge in [-0.25, -0.2) is 13.9 Å². The summed E-state index contributed by atoms with van der Waals surface area (Å²) in [5, 5.41) is 28.7. The number of aliphatic hydroxyl groups excluding tert-OH is 1. The molecular formula is C37H43FN8O4. The predicted octanol–water partition coefficient (Wildman–Crippen LogP) is 6.49. The highest BCUT2D eigenvalue weighted by Gasteiger charge is 2.30. The summed E-state index contributed by atoms with van der Waals surface area (Å²) in [6.07, 6.45) is 6.61. The first kappa shape index (κ1) is 33.3. The molecule has 50 heavy (non-hydrogen) atoms. The van der Waals surface area contributed by atoms with Crippen molar-refractivity contribution >= 4 is 23.4 Å². The number of anilines is 2. The number of aromatic nitrogens is 5. The summed E-state index contributed by atoms with van der Waals surface area (Å²) < 4.78 is 30.7. The van der Waals surface area contributed by atoms with Crippen LogP contribution in [0, 0.1) is 5.82 Å². The van der Waals surface area contributed by atoms with Crippen LogP contribution in [-0.2, 0) is 5.41 Å². The van der Waals surface area contributed by atoms with Crippen molar-refractivity contribution < 1.29 is 23.8 Å². The topological polar surface area (TPSA) is 131 Å². The summed E-state index contributed by atoms with van der Waals surface area (Å²) >= 11 is 0. The van der Waals surface area contributed by atoms with E-state index in [2.05, 4.69) is 30.8 Å². The van der Waals surface area contributed by atoms with E-state index in [-0.39, 0.29) is 36.5 Å². The van der Waals surface area contributed by atoms with Gasteiger partial charge in [0.1, 0.15) is 41.5 Å². The Labute approximate surface area is 290 Å². The molecule has 3 N–H and O–H groups in total. The highest BCUT2D eigenvalue weighted by atomic mass is 19.1. The fraction of sp³-hybridized carbons (Fsp3) is 0.405. The van der Waals surface area contributed by atoms with Gasteiger partial charge in [-0.2, -0.15) is 5.10 Å². The number of carbonyl (C=O) groups excluding carboxylic acids is 1. The van der Waals surface area contributed by atoms with Crippen LogP contribution in [0.3, 0.4) is 0 Å². The first-order chi connectivity index (χ1) is 24.2. The molecule has 5 aromatic rings. The molecule has 2 atom stereocenters. The molecule has 7 rings (SSSR count). The van der Waals surface area contributed by atoms with Crippen molar-refractivity contribution in [2.24, 2.45) is 0 Å². The van der Waals surface area contributed by atoms with Crippen LogP contribution >= 0.6 is 0 Å². The largest absolute Gasteiger partial charge is 0.491 e. The summed E-state index contributed by atoms with van der Waals surface area (Å²) in [6.45, 7) is 7.81. The van der Waals surface area contributed by atoms with E-state index in [1.807, 2.05) is 67.8 Å². The Bertz CT molecular complexity index is 1980. The lowest BCUT2D eigenvalue weighted by Gasteiger charge is -2.32. The second-order valence-electron chi connectivity index (χ2n) is 13.9. The number of hydrogen-bond donors (Lipinski definition) is 3. The van der Waals surface area contributed by atoms with E-state index in [1.54, 1.807) is 6.07 Å². The molecule has 262 valence electrons. The number of ether oxygens (including phenoxy) is 2. The van der Waals surface area contributed by atoms with Crippen LogP contribution < -0.4 is 25.0 Å². The summed E-state index contributed by atoms with van der Waals surface area (Å²) in [6, 6.07) is 17.2. The Hall–Kier alpha value is -5.17. The van der Waals surface area contributed by atoms with Gasteiger partial charge in [-0.3, -0.25) is 9.72 Å². The number of aliphatic hydroxyl groups is 1. The number of hydrogen-bond acceptors (Lipinski definition) is 8. The summed E-state index contributed by atoms with van der Waals surface area (Å²) in [5.74, 6) is 1.71. The van der Waals surface area contributed by atoms with Crippen molar-refractivity contribution in [3.63, 3.8) is 0 Å². The van der Waals surface area contributed by atoms with Crippen LogP contribution in [0.15, 0.2) is 66.9 Å². The molecule has 2 aromatic carbocycles. The number of nitrogens with one attached hydrogen (secondary N) is 2. The van der Waals surface area contributed by atoms with Crippen LogP contribution in [0.25, 0.3) is 11.3 Å². The Morgan fingerprint density at radius 3 is 2.54 bits per heavy atom. The third-order valence-corrected chi connectivity index (χ3v) is 9.24. The van der Waals surface area contributed by atoms with Gasteiger partial charge in [0.05, 0.1) is 24.5 Å². The lowest BCUT2D eigenvalue weighted by Crippen LogP contribution is -2.36. The van der Waals surface area contributed by atoms with Gasteiger partial charge >= 0.3 is 6.03 Å². The second-order valence-corrected chi connectivity index (χ2v) is 13.9. The monoisotopic (exact) mass is 682 g/mol. The summed E-state index contributed by atoms with van der Waals surface area (Å²) in [5.41, 5.74) is 3.17. The summed E-state index contributed by atoms with van der Waals surface area (Å²) in [7, 11) is 0. The Balaban J connectivity index is 1.09. The SMILES string of the molecule is CC(C)(C)c1cc(NC(=O)N[C@H]2CC[C@@H](Oc3ccc4nnc(N5CCCCC5)n4c3)c3ccccc32)n(-c2cc(OCCO)ccc2F)n1. The third kappa shape index (κ3) is 6.95. The van der Waals surface area contributed by atoms with Gasteiger partial charge in [0.2, 0.25) is 5.95 Å². The average molecular weight is 683 g/mol. The Morgan fingerprint density at radius 1 is 0.980 bits per heavy atom. The minimum absolute atomic E-state index is 0.0662. The van der Waals surface area contributed by atoms with Gasteiger partial charge in [-0.05, 0) is 67.5 Å². The molecule has 0 radical (unpaired) electrons. The number of carbonyl (C=O) groups is 1. The van der Waals surface area contributed by atoms with Crippen LogP contribution in [0.1, 0.15) is 81.8 Å². The maximum atomic E-state index is 15.2. The maximum Gasteiger partial charge on any atom is 0.320 e. The van der Waals surface area contributed by atoms with E-state index < -0.39 is 11.8 Å². The molecular weight excluding hydrogens is 639 g/mol. The van der Waals surface area contributed by atoms with Crippen molar-refractivity contribution in [3.8, 4) is 17.2 Å². The normalized spacial score (nSPS) is 17.7. The van der Waals surface area contributed by atoms with Crippen LogP contribution in [0.5, 0.6) is 11.5 Å². The zero-order valence-electron chi connectivity index (χ0n) is 28.6. The quantitative estimate of drug-likeness (QED) is 0.161. The molecule has 12 nitrogen and oxygen atoms in total. The molecule has 13 heteroatoms. The molecule has 0 bridgehead atoms. The van der Waals surface area contributed by atoms with Crippen molar-refractivity contribution in [2.75, 3.05) is 36.5 Å². The number of urea groups is 1. The van der Waals surface area contributed by atoms with E-state index in [1.165, 1.54) is 29.3 Å². The van der Waals surface area contributed by atoms with E-state index >= 15 is 4.39 Å². The third-order valence-electron chi connectivity index (χ3n) is 9.24. The highest BCUT2D eigenvalue weighted by molar-refractivity contribution is 5.89. The van der Waals surface area contributed by atoms with E-state index in [0.717, 1.165) is 54.4 Å². The van der Waals surface area contributed by atoms with E-state index in [9.17, 15) is 9.90 Å². The first-order valence-corrected chi connectivity index (χ1v) is 17.2. The van der Waals surface area contributed by atoms with Gasteiger partial charge in [-0.15, -0.1) is 10.2 Å². The molecule has 1 aliphatic heterocycles. The van der Waals surface area contributed by atoms with E-state index in [4.69, 9.17) is 9.47 Å². The fourth-order valence-corrected chi connectivity index (χ4v) is 6.66. The number of amides is 2. The number of nitrogens with zero attached hydrogens (tertiary/aromatic N) is 6. The van der Waals surface area contributed by atoms with Gasteiger partial charge in [0, 0.05) is 30.6 Å². The van der Waals surface area contributed by atoms with E-state index in [0.29, 0.717) is 30.1 Å². The molecule has 2 aliphatic rings. The molecule has 1 saturated heterocycles. The van der Waals surface area contributed by atoms with Gasteiger partial charge in [-0.1, -0.05) is 45.0 Å². The minimum atomic E-state index is -0.535. The molecule has 2 amide bonds. The molecule has 4 heterocycles. The van der Waals surface area contributed by atoms with Gasteiger partial charge in [0.25, 0.3) is 0 Å².